The quantitative estimate of drug-likeness (QED) is 0.348. The maximum Gasteiger partial charge on any atom is 0.233 e. The lowest BCUT2D eigenvalue weighted by atomic mass is 10.0. The van der Waals surface area contributed by atoms with E-state index in [1.54, 1.807) is 0 Å². The highest BCUT2D eigenvalue weighted by Crippen LogP contribution is 2.08. The summed E-state index contributed by atoms with van der Waals surface area (Å²) in [6.45, 7) is 4.24. The van der Waals surface area contributed by atoms with Crippen molar-refractivity contribution in [2.75, 3.05) is 0 Å². The van der Waals surface area contributed by atoms with Crippen molar-refractivity contribution in [3.63, 3.8) is 0 Å². The Morgan fingerprint density at radius 2 is 2.30 bits per heavy atom. The number of hydrazine groups is 1. The fraction of sp³-hybridized carbons (Fsp3) is 0.857. The van der Waals surface area contributed by atoms with Gasteiger partial charge in [0.1, 0.15) is 0 Å². The van der Waals surface area contributed by atoms with Crippen LogP contribution in [0.2, 0.25) is 0 Å². The molecule has 1 atom stereocenters. The molecule has 0 bridgehead atoms. The number of rotatable bonds is 4. The summed E-state index contributed by atoms with van der Waals surface area (Å²) < 4.78 is 0. The second kappa shape index (κ2) is 5.23. The molecule has 1 amide bonds. The van der Waals surface area contributed by atoms with Gasteiger partial charge >= 0.3 is 0 Å². The summed E-state index contributed by atoms with van der Waals surface area (Å²) in [6.07, 6.45) is 2.60. The Hall–Kier alpha value is -0.570. The van der Waals surface area contributed by atoms with Gasteiger partial charge in [-0.3, -0.25) is 10.2 Å². The second-order valence-electron chi connectivity index (χ2n) is 2.62. The van der Waals surface area contributed by atoms with Crippen molar-refractivity contribution >= 4 is 5.91 Å². The second-order valence-corrected chi connectivity index (χ2v) is 2.62. The van der Waals surface area contributed by atoms with Gasteiger partial charge in [0.05, 0.1) is 0 Å². The largest absolute Gasteiger partial charge is 0.294 e. The first kappa shape index (κ1) is 9.43. The van der Waals surface area contributed by atoms with Gasteiger partial charge in [0.25, 0.3) is 0 Å². The van der Waals surface area contributed by atoms with E-state index in [1.807, 2.05) is 0 Å². The van der Waals surface area contributed by atoms with Crippen molar-refractivity contribution in [2.45, 2.75) is 33.1 Å². The Morgan fingerprint density at radius 3 is 2.70 bits per heavy atom. The van der Waals surface area contributed by atoms with Crippen molar-refractivity contribution < 1.29 is 4.79 Å². The molecule has 10 heavy (non-hydrogen) atoms. The lowest BCUT2D eigenvalue weighted by Crippen LogP contribution is -2.29. The first-order chi connectivity index (χ1) is 4.70. The molecule has 3 nitrogen and oxygen atoms in total. The Bertz CT molecular complexity index is 104. The summed E-state index contributed by atoms with van der Waals surface area (Å²) in [5, 5.41) is 0. The molecule has 60 valence electrons. The lowest BCUT2D eigenvalue weighted by molar-refractivity contribution is -0.121. The predicted molar refractivity (Wildman–Crippen MR) is 41.0 cm³/mol. The van der Waals surface area contributed by atoms with Crippen LogP contribution in [-0.2, 0) is 4.79 Å². The number of hydrogen-bond acceptors (Lipinski definition) is 2. The molecule has 0 spiro atoms. The molecule has 0 saturated heterocycles. The number of nitrogens with two attached hydrogens (primary N) is 1. The lowest BCUT2D eigenvalue weighted by Gasteiger charge is -2.05. The highest BCUT2D eigenvalue weighted by atomic mass is 16.2. The molecule has 3 N–H and O–H groups in total. The van der Waals surface area contributed by atoms with E-state index in [9.17, 15) is 4.79 Å². The number of carbonyl (C=O) groups is 1. The molecule has 0 aliphatic rings. The van der Waals surface area contributed by atoms with Gasteiger partial charge in [-0.05, 0) is 12.3 Å². The summed E-state index contributed by atoms with van der Waals surface area (Å²) in [5.74, 6) is 5.45. The zero-order valence-electron chi connectivity index (χ0n) is 6.68. The van der Waals surface area contributed by atoms with Crippen LogP contribution in [0.1, 0.15) is 33.1 Å². The van der Waals surface area contributed by atoms with Crippen LogP contribution in [0.15, 0.2) is 0 Å². The van der Waals surface area contributed by atoms with Crippen molar-refractivity contribution in [3.8, 4) is 0 Å². The van der Waals surface area contributed by atoms with Gasteiger partial charge in [0, 0.05) is 6.42 Å². The smallest absolute Gasteiger partial charge is 0.233 e. The highest BCUT2D eigenvalue weighted by Gasteiger charge is 2.02. The molecule has 0 aromatic heterocycles. The molecule has 0 heterocycles. The third kappa shape index (κ3) is 4.32. The maximum atomic E-state index is 10.6. The highest BCUT2D eigenvalue weighted by molar-refractivity contribution is 5.75. The Kier molecular flexibility index (Phi) is 4.94. The molecular formula is C7H16N2O. The van der Waals surface area contributed by atoms with E-state index in [4.69, 9.17) is 5.84 Å². The van der Waals surface area contributed by atoms with E-state index < -0.39 is 0 Å². The van der Waals surface area contributed by atoms with Gasteiger partial charge in [0.2, 0.25) is 5.91 Å². The van der Waals surface area contributed by atoms with Crippen molar-refractivity contribution in [1.29, 1.82) is 0 Å². The summed E-state index contributed by atoms with van der Waals surface area (Å²) in [7, 11) is 0. The molecule has 0 aromatic carbocycles. The summed E-state index contributed by atoms with van der Waals surface area (Å²) in [6, 6.07) is 0. The van der Waals surface area contributed by atoms with E-state index in [0.717, 1.165) is 12.8 Å². The molecule has 1 unspecified atom stereocenters. The average Bonchev–Trinajstić information content (AvgIpc) is 1.99. The molecule has 0 aliphatic heterocycles. The minimum absolute atomic E-state index is 0.0692. The third-order valence-electron chi connectivity index (χ3n) is 1.72. The van der Waals surface area contributed by atoms with Gasteiger partial charge in [-0.15, -0.1) is 0 Å². The van der Waals surface area contributed by atoms with Crippen LogP contribution in [0, 0.1) is 5.92 Å². The fourth-order valence-electron chi connectivity index (χ4n) is 0.654. The first-order valence-corrected chi connectivity index (χ1v) is 3.70. The van der Waals surface area contributed by atoms with Crippen LogP contribution in [0.25, 0.3) is 0 Å². The van der Waals surface area contributed by atoms with Crippen molar-refractivity contribution in [2.24, 2.45) is 11.8 Å². The predicted octanol–water partition coefficient (Wildman–Crippen LogP) is 0.803. The van der Waals surface area contributed by atoms with Crippen molar-refractivity contribution in [1.82, 2.24) is 5.43 Å². The molecule has 0 fully saturated rings. The Labute approximate surface area is 62.0 Å². The fourth-order valence-corrected chi connectivity index (χ4v) is 0.654. The van der Waals surface area contributed by atoms with E-state index >= 15 is 0 Å². The van der Waals surface area contributed by atoms with Crippen LogP contribution >= 0.6 is 0 Å². The van der Waals surface area contributed by atoms with Crippen LogP contribution < -0.4 is 11.3 Å². The zero-order valence-corrected chi connectivity index (χ0v) is 6.68. The van der Waals surface area contributed by atoms with Crippen LogP contribution in [0.4, 0.5) is 0 Å². The van der Waals surface area contributed by atoms with Crippen LogP contribution in [-0.4, -0.2) is 5.91 Å². The first-order valence-electron chi connectivity index (χ1n) is 3.70. The van der Waals surface area contributed by atoms with Gasteiger partial charge in [-0.25, -0.2) is 5.84 Å². The Balaban J connectivity index is 3.26. The summed E-state index contributed by atoms with van der Waals surface area (Å²) >= 11 is 0. The average molecular weight is 144 g/mol. The SMILES string of the molecule is CCC(C)CCC(=O)NN. The normalized spacial score (nSPS) is 12.7. The van der Waals surface area contributed by atoms with Crippen LogP contribution in [0.3, 0.4) is 0 Å². The van der Waals surface area contributed by atoms with Crippen LogP contribution in [0.5, 0.6) is 0 Å². The van der Waals surface area contributed by atoms with E-state index in [2.05, 4.69) is 19.3 Å². The monoisotopic (exact) mass is 144 g/mol. The standard InChI is InChI=1S/C7H16N2O/c1-3-6(2)4-5-7(10)9-8/h6H,3-5,8H2,1-2H3,(H,9,10). The number of hydrogen-bond donors (Lipinski definition) is 2. The maximum absolute atomic E-state index is 10.6. The minimum Gasteiger partial charge on any atom is -0.294 e. The molecule has 0 aromatic rings. The number of carbonyl (C=O) groups excluding carboxylic acids is 1. The minimum atomic E-state index is -0.0692. The molecule has 3 heteroatoms. The zero-order chi connectivity index (χ0) is 7.98. The topological polar surface area (TPSA) is 55.1 Å². The molecule has 0 aliphatic carbocycles. The summed E-state index contributed by atoms with van der Waals surface area (Å²) in [4.78, 5) is 10.6. The molecule has 0 rings (SSSR count). The molecule has 0 radical (unpaired) electrons. The van der Waals surface area contributed by atoms with E-state index in [0.29, 0.717) is 12.3 Å². The number of nitrogens with one attached hydrogen (secondary N) is 1. The van der Waals surface area contributed by atoms with Gasteiger partial charge in [0.15, 0.2) is 0 Å². The van der Waals surface area contributed by atoms with Gasteiger partial charge in [-0.2, -0.15) is 0 Å². The van der Waals surface area contributed by atoms with E-state index in [-0.39, 0.29) is 5.91 Å². The van der Waals surface area contributed by atoms with Gasteiger partial charge < -0.3 is 0 Å². The summed E-state index contributed by atoms with van der Waals surface area (Å²) in [5.41, 5.74) is 2.11. The van der Waals surface area contributed by atoms with E-state index in [1.165, 1.54) is 0 Å². The third-order valence-corrected chi connectivity index (χ3v) is 1.72. The number of amides is 1. The molecular weight excluding hydrogens is 128 g/mol. The van der Waals surface area contributed by atoms with Gasteiger partial charge in [-0.1, -0.05) is 20.3 Å². The Morgan fingerprint density at radius 1 is 1.70 bits per heavy atom. The van der Waals surface area contributed by atoms with Crippen molar-refractivity contribution in [3.05, 3.63) is 0 Å². The molecule has 0 saturated carbocycles.